The Morgan fingerprint density at radius 3 is 2.95 bits per heavy atom. The van der Waals surface area contributed by atoms with Gasteiger partial charge in [0.25, 0.3) is 0 Å². The van der Waals surface area contributed by atoms with Crippen molar-refractivity contribution in [3.05, 3.63) is 28.2 Å². The van der Waals surface area contributed by atoms with Crippen molar-refractivity contribution in [1.82, 2.24) is 10.2 Å². The molecule has 0 atom stereocenters. The second-order valence-electron chi connectivity index (χ2n) is 5.83. The van der Waals surface area contributed by atoms with Crippen LogP contribution < -0.4 is 10.1 Å². The van der Waals surface area contributed by atoms with E-state index in [9.17, 15) is 0 Å². The molecule has 19 heavy (non-hydrogen) atoms. The minimum atomic E-state index is 0.182. The second kappa shape index (κ2) is 6.25. The third-order valence-electron chi connectivity index (χ3n) is 3.52. The van der Waals surface area contributed by atoms with Crippen LogP contribution in [0.15, 0.2) is 22.7 Å². The first-order valence-corrected chi connectivity index (χ1v) is 7.59. The molecule has 1 aromatic carbocycles. The van der Waals surface area contributed by atoms with Gasteiger partial charge in [0.1, 0.15) is 5.75 Å². The number of methoxy groups -OCH3 is 1. The van der Waals surface area contributed by atoms with Crippen LogP contribution in [-0.4, -0.2) is 37.2 Å². The third kappa shape index (κ3) is 4.20. The first-order chi connectivity index (χ1) is 9.00. The van der Waals surface area contributed by atoms with Gasteiger partial charge in [0.15, 0.2) is 0 Å². The third-order valence-corrected chi connectivity index (χ3v) is 4.29. The molecule has 2 rings (SSSR count). The van der Waals surface area contributed by atoms with E-state index in [2.05, 4.69) is 52.1 Å². The lowest BCUT2D eigenvalue weighted by molar-refractivity contribution is 0.223. The molecule has 3 nitrogen and oxygen atoms in total. The van der Waals surface area contributed by atoms with Crippen molar-refractivity contribution in [2.24, 2.45) is 0 Å². The second-order valence-corrected chi connectivity index (χ2v) is 6.69. The molecule has 0 saturated carbocycles. The fraction of sp³-hybridized carbons (Fsp3) is 0.600. The minimum Gasteiger partial charge on any atom is -0.497 e. The van der Waals surface area contributed by atoms with E-state index in [0.717, 1.165) is 36.4 Å². The normalized spacial score (nSPS) is 20.0. The summed E-state index contributed by atoms with van der Waals surface area (Å²) in [5.74, 6) is 0.922. The van der Waals surface area contributed by atoms with Crippen molar-refractivity contribution in [2.75, 3.05) is 26.7 Å². The summed E-state index contributed by atoms with van der Waals surface area (Å²) in [5.41, 5.74) is 1.47. The van der Waals surface area contributed by atoms with Crippen molar-refractivity contribution >= 4 is 15.9 Å². The van der Waals surface area contributed by atoms with Gasteiger partial charge in [-0.25, -0.2) is 0 Å². The summed E-state index contributed by atoms with van der Waals surface area (Å²) in [6.45, 7) is 8.81. The average Bonchev–Trinajstić information content (AvgIpc) is 2.52. The molecular formula is C15H23BrN2O. The molecular weight excluding hydrogens is 304 g/mol. The number of benzene rings is 1. The van der Waals surface area contributed by atoms with E-state index in [0.29, 0.717) is 0 Å². The van der Waals surface area contributed by atoms with Crippen LogP contribution >= 0.6 is 15.9 Å². The van der Waals surface area contributed by atoms with Crippen LogP contribution in [-0.2, 0) is 6.54 Å². The SMILES string of the molecule is COc1ccc(Br)c(CN2CCCNC(C)(C)C2)c1. The minimum absolute atomic E-state index is 0.182. The van der Waals surface area contributed by atoms with Crippen molar-refractivity contribution in [1.29, 1.82) is 0 Å². The lowest BCUT2D eigenvalue weighted by Gasteiger charge is -2.30. The fourth-order valence-electron chi connectivity index (χ4n) is 2.60. The molecule has 0 aromatic heterocycles. The van der Waals surface area contributed by atoms with Crippen molar-refractivity contribution < 1.29 is 4.74 Å². The highest BCUT2D eigenvalue weighted by atomic mass is 79.9. The van der Waals surface area contributed by atoms with Gasteiger partial charge in [-0.3, -0.25) is 4.90 Å². The maximum Gasteiger partial charge on any atom is 0.119 e. The van der Waals surface area contributed by atoms with Gasteiger partial charge in [0.05, 0.1) is 7.11 Å². The van der Waals surface area contributed by atoms with Gasteiger partial charge in [0.2, 0.25) is 0 Å². The number of hydrogen-bond donors (Lipinski definition) is 1. The van der Waals surface area contributed by atoms with E-state index in [4.69, 9.17) is 4.74 Å². The molecule has 1 saturated heterocycles. The smallest absolute Gasteiger partial charge is 0.119 e. The zero-order valence-corrected chi connectivity index (χ0v) is 13.6. The van der Waals surface area contributed by atoms with E-state index in [1.807, 2.05) is 6.07 Å². The fourth-order valence-corrected chi connectivity index (χ4v) is 2.97. The Bertz CT molecular complexity index is 434. The van der Waals surface area contributed by atoms with Gasteiger partial charge in [-0.1, -0.05) is 15.9 Å². The number of nitrogens with zero attached hydrogens (tertiary/aromatic N) is 1. The molecule has 0 aliphatic carbocycles. The highest BCUT2D eigenvalue weighted by molar-refractivity contribution is 9.10. The molecule has 106 valence electrons. The van der Waals surface area contributed by atoms with Crippen molar-refractivity contribution in [3.8, 4) is 5.75 Å². The number of hydrogen-bond acceptors (Lipinski definition) is 3. The van der Waals surface area contributed by atoms with E-state index in [1.165, 1.54) is 12.0 Å². The van der Waals surface area contributed by atoms with Gasteiger partial charge in [0, 0.05) is 23.1 Å². The lowest BCUT2D eigenvalue weighted by Crippen LogP contribution is -2.46. The summed E-state index contributed by atoms with van der Waals surface area (Å²) >= 11 is 3.64. The van der Waals surface area contributed by atoms with Gasteiger partial charge in [-0.15, -0.1) is 0 Å². The summed E-state index contributed by atoms with van der Waals surface area (Å²) < 4.78 is 6.47. The molecule has 4 heteroatoms. The number of halogens is 1. The number of nitrogens with one attached hydrogen (secondary N) is 1. The quantitative estimate of drug-likeness (QED) is 0.924. The van der Waals surface area contributed by atoms with Crippen LogP contribution in [0.5, 0.6) is 5.75 Å². The monoisotopic (exact) mass is 326 g/mol. The highest BCUT2D eigenvalue weighted by Gasteiger charge is 2.24. The van der Waals surface area contributed by atoms with Crippen LogP contribution in [0, 0.1) is 0 Å². The maximum absolute atomic E-state index is 5.31. The molecule has 1 fully saturated rings. The number of ether oxygens (including phenoxy) is 1. The highest BCUT2D eigenvalue weighted by Crippen LogP contribution is 2.24. The maximum atomic E-state index is 5.31. The van der Waals surface area contributed by atoms with Gasteiger partial charge in [-0.05, 0) is 57.1 Å². The molecule has 1 aliphatic heterocycles. The topological polar surface area (TPSA) is 24.5 Å². The predicted molar refractivity (Wildman–Crippen MR) is 82.7 cm³/mol. The molecule has 0 bridgehead atoms. The van der Waals surface area contributed by atoms with Crippen LogP contribution in [0.1, 0.15) is 25.8 Å². The Hall–Kier alpha value is -0.580. The lowest BCUT2D eigenvalue weighted by atomic mass is 10.1. The zero-order valence-electron chi connectivity index (χ0n) is 12.0. The van der Waals surface area contributed by atoms with E-state index >= 15 is 0 Å². The van der Waals surface area contributed by atoms with E-state index < -0.39 is 0 Å². The Morgan fingerprint density at radius 2 is 2.21 bits per heavy atom. The van der Waals surface area contributed by atoms with Crippen LogP contribution in [0.25, 0.3) is 0 Å². The molecule has 0 spiro atoms. The Balaban J connectivity index is 2.11. The number of rotatable bonds is 3. The van der Waals surface area contributed by atoms with E-state index in [-0.39, 0.29) is 5.54 Å². The van der Waals surface area contributed by atoms with Gasteiger partial charge < -0.3 is 10.1 Å². The molecule has 1 heterocycles. The van der Waals surface area contributed by atoms with Crippen LogP contribution in [0.3, 0.4) is 0 Å². The molecule has 1 aliphatic rings. The molecule has 1 aromatic rings. The zero-order chi connectivity index (χ0) is 13.9. The average molecular weight is 327 g/mol. The van der Waals surface area contributed by atoms with Gasteiger partial charge >= 0.3 is 0 Å². The first kappa shape index (κ1) is 14.8. The van der Waals surface area contributed by atoms with E-state index in [1.54, 1.807) is 7.11 Å². The van der Waals surface area contributed by atoms with Crippen molar-refractivity contribution in [2.45, 2.75) is 32.4 Å². The first-order valence-electron chi connectivity index (χ1n) is 6.80. The Kier molecular flexibility index (Phi) is 4.87. The largest absolute Gasteiger partial charge is 0.497 e. The predicted octanol–water partition coefficient (Wildman–Crippen LogP) is 3.03. The van der Waals surface area contributed by atoms with Crippen LogP contribution in [0.2, 0.25) is 0 Å². The van der Waals surface area contributed by atoms with Crippen molar-refractivity contribution in [3.63, 3.8) is 0 Å². The molecule has 0 amide bonds. The molecule has 0 radical (unpaired) electrons. The molecule has 1 N–H and O–H groups in total. The summed E-state index contributed by atoms with van der Waals surface area (Å²) in [7, 11) is 1.71. The Morgan fingerprint density at radius 1 is 1.42 bits per heavy atom. The van der Waals surface area contributed by atoms with Crippen LogP contribution in [0.4, 0.5) is 0 Å². The summed E-state index contributed by atoms with van der Waals surface area (Å²) in [6.07, 6.45) is 1.20. The Labute approximate surface area is 124 Å². The molecule has 0 unspecified atom stereocenters. The van der Waals surface area contributed by atoms with Gasteiger partial charge in [-0.2, -0.15) is 0 Å². The standard InChI is InChI=1S/C15H23BrN2O/c1-15(2)11-18(8-4-7-17-15)10-12-9-13(19-3)5-6-14(12)16/h5-6,9,17H,4,7-8,10-11H2,1-3H3. The summed E-state index contributed by atoms with van der Waals surface area (Å²) in [4.78, 5) is 2.51. The summed E-state index contributed by atoms with van der Waals surface area (Å²) in [5, 5.41) is 3.60. The summed E-state index contributed by atoms with van der Waals surface area (Å²) in [6, 6.07) is 6.17.